The van der Waals surface area contributed by atoms with E-state index in [2.05, 4.69) is 6.92 Å². The van der Waals surface area contributed by atoms with Crippen LogP contribution in [0.25, 0.3) is 0 Å². The van der Waals surface area contributed by atoms with E-state index in [-0.39, 0.29) is 22.3 Å². The van der Waals surface area contributed by atoms with Crippen LogP contribution in [-0.2, 0) is 4.79 Å². The number of quaternary nitrogens is 1. The molecule has 4 rings (SSSR count). The lowest BCUT2D eigenvalue weighted by atomic mass is 9.46. The standard InChI is InChI=1S/C16H25NO3/c1-11-8-12-9-14(18)13-4-2-6-17(20)7-3-5-16(12,19)15(13,17)10-11/h11-13,19H,2-10H2,1H3/t11-,12+,13-,15+,16-,17?/m1/s1. The van der Waals surface area contributed by atoms with Gasteiger partial charge in [0.05, 0.1) is 19.0 Å². The molecule has 2 heterocycles. The third kappa shape index (κ3) is 1.27. The molecular weight excluding hydrogens is 254 g/mol. The summed E-state index contributed by atoms with van der Waals surface area (Å²) in [6, 6.07) is 0. The number of carbonyl (C=O) groups is 1. The molecule has 1 spiro atoms. The van der Waals surface area contributed by atoms with Gasteiger partial charge in [0.1, 0.15) is 16.9 Å². The molecule has 2 saturated heterocycles. The lowest BCUT2D eigenvalue weighted by molar-refractivity contribution is -0.959. The average molecular weight is 279 g/mol. The van der Waals surface area contributed by atoms with Crippen LogP contribution >= 0.6 is 0 Å². The molecule has 1 unspecified atom stereocenters. The van der Waals surface area contributed by atoms with Crippen molar-refractivity contribution < 1.29 is 14.5 Å². The predicted molar refractivity (Wildman–Crippen MR) is 74.5 cm³/mol. The van der Waals surface area contributed by atoms with Gasteiger partial charge in [0.25, 0.3) is 0 Å². The highest BCUT2D eigenvalue weighted by Gasteiger charge is 2.75. The van der Waals surface area contributed by atoms with E-state index in [1.165, 1.54) is 0 Å². The lowest BCUT2D eigenvalue weighted by Crippen LogP contribution is -2.85. The van der Waals surface area contributed by atoms with Gasteiger partial charge >= 0.3 is 0 Å². The minimum Gasteiger partial charge on any atom is -0.632 e. The summed E-state index contributed by atoms with van der Waals surface area (Å²) in [6.45, 7) is 3.40. The van der Waals surface area contributed by atoms with Crippen LogP contribution in [0.5, 0.6) is 0 Å². The maximum Gasteiger partial charge on any atom is 0.142 e. The van der Waals surface area contributed by atoms with Gasteiger partial charge in [-0.1, -0.05) is 6.92 Å². The minimum atomic E-state index is -0.876. The molecule has 4 nitrogen and oxygen atoms in total. The number of aliphatic hydroxyl groups is 1. The average Bonchev–Trinajstić information content (AvgIpc) is 2.36. The molecule has 112 valence electrons. The summed E-state index contributed by atoms with van der Waals surface area (Å²) in [5.74, 6) is 0.572. The highest BCUT2D eigenvalue weighted by Crippen LogP contribution is 2.63. The summed E-state index contributed by atoms with van der Waals surface area (Å²) in [5.41, 5.74) is -1.58. The fraction of sp³-hybridized carbons (Fsp3) is 0.938. The third-order valence-electron chi connectivity index (χ3n) is 7.00. The largest absolute Gasteiger partial charge is 0.632 e. The lowest BCUT2D eigenvalue weighted by Gasteiger charge is -2.74. The molecule has 1 N–H and O–H groups in total. The smallest absolute Gasteiger partial charge is 0.142 e. The molecule has 4 heteroatoms. The first-order chi connectivity index (χ1) is 9.43. The molecule has 0 amide bonds. The van der Waals surface area contributed by atoms with Gasteiger partial charge < -0.3 is 15.0 Å². The van der Waals surface area contributed by atoms with Crippen LogP contribution in [0.1, 0.15) is 51.9 Å². The van der Waals surface area contributed by atoms with Crippen LogP contribution in [0.3, 0.4) is 0 Å². The number of Topliss-reactive ketones (excluding diaryl/α,β-unsaturated/α-hetero) is 1. The number of rotatable bonds is 0. The molecule has 2 aliphatic carbocycles. The Bertz CT molecular complexity index is 463. The quantitative estimate of drug-likeness (QED) is 0.545. The zero-order chi connectivity index (χ0) is 14.2. The van der Waals surface area contributed by atoms with Crippen LogP contribution in [0.15, 0.2) is 0 Å². The van der Waals surface area contributed by atoms with Crippen molar-refractivity contribution >= 4 is 5.78 Å². The zero-order valence-corrected chi connectivity index (χ0v) is 12.3. The predicted octanol–water partition coefficient (Wildman–Crippen LogP) is 1.99. The number of carbonyl (C=O) groups excluding carboxylic acids is 1. The first-order valence-electron chi connectivity index (χ1n) is 8.26. The molecule has 0 radical (unpaired) electrons. The van der Waals surface area contributed by atoms with Crippen molar-refractivity contribution in [3.63, 3.8) is 0 Å². The van der Waals surface area contributed by atoms with Gasteiger partial charge in [0, 0.05) is 18.8 Å². The molecule has 0 aromatic heterocycles. The summed E-state index contributed by atoms with van der Waals surface area (Å²) < 4.78 is -0.277. The van der Waals surface area contributed by atoms with Crippen LogP contribution in [0, 0.1) is 23.0 Å². The van der Waals surface area contributed by atoms with Gasteiger partial charge in [0.15, 0.2) is 0 Å². The van der Waals surface area contributed by atoms with Gasteiger partial charge in [-0.2, -0.15) is 0 Å². The van der Waals surface area contributed by atoms with Crippen molar-refractivity contribution in [2.24, 2.45) is 17.8 Å². The second kappa shape index (κ2) is 3.84. The number of piperidine rings is 2. The fourth-order valence-electron chi connectivity index (χ4n) is 6.46. The van der Waals surface area contributed by atoms with Crippen molar-refractivity contribution in [1.29, 1.82) is 0 Å². The molecule has 20 heavy (non-hydrogen) atoms. The van der Waals surface area contributed by atoms with Crippen LogP contribution in [0.4, 0.5) is 0 Å². The maximum absolute atomic E-state index is 13.6. The summed E-state index contributed by atoms with van der Waals surface area (Å²) >= 11 is 0. The van der Waals surface area contributed by atoms with Crippen molar-refractivity contribution in [3.8, 4) is 0 Å². The molecular formula is C16H25NO3. The third-order valence-corrected chi connectivity index (χ3v) is 7.00. The van der Waals surface area contributed by atoms with Gasteiger partial charge in [-0.05, 0) is 38.0 Å². The molecule has 4 fully saturated rings. The maximum atomic E-state index is 13.6. The summed E-state index contributed by atoms with van der Waals surface area (Å²) in [4.78, 5) is 12.6. The van der Waals surface area contributed by atoms with Crippen molar-refractivity contribution in [2.75, 3.05) is 13.1 Å². The molecule has 6 atom stereocenters. The van der Waals surface area contributed by atoms with Crippen LogP contribution < -0.4 is 0 Å². The van der Waals surface area contributed by atoms with Crippen LogP contribution in [0.2, 0.25) is 0 Å². The molecule has 2 aliphatic heterocycles. The Labute approximate surface area is 120 Å². The fourth-order valence-corrected chi connectivity index (χ4v) is 6.46. The number of hydroxylamine groups is 3. The van der Waals surface area contributed by atoms with E-state index in [9.17, 15) is 15.1 Å². The Balaban J connectivity index is 1.94. The normalized spacial score (nSPS) is 58.1. The Kier molecular flexibility index (Phi) is 2.54. The van der Waals surface area contributed by atoms with E-state index in [0.29, 0.717) is 25.4 Å². The summed E-state index contributed by atoms with van der Waals surface area (Å²) in [5, 5.41) is 25.1. The molecule has 4 aliphatic rings. The molecule has 2 saturated carbocycles. The van der Waals surface area contributed by atoms with Gasteiger partial charge in [-0.3, -0.25) is 4.79 Å². The summed E-state index contributed by atoms with van der Waals surface area (Å²) in [6.07, 6.45) is 5.38. The number of nitrogens with zero attached hydrogens (tertiary/aromatic N) is 1. The monoisotopic (exact) mass is 279 g/mol. The van der Waals surface area contributed by atoms with E-state index in [1.807, 2.05) is 0 Å². The first-order valence-corrected chi connectivity index (χ1v) is 8.26. The van der Waals surface area contributed by atoms with E-state index in [0.717, 1.165) is 38.5 Å². The second-order valence-electron chi connectivity index (χ2n) is 7.90. The van der Waals surface area contributed by atoms with E-state index < -0.39 is 11.1 Å². The minimum absolute atomic E-state index is 0.0276. The number of hydrogen-bond acceptors (Lipinski definition) is 3. The Hall–Kier alpha value is -0.450. The van der Waals surface area contributed by atoms with Gasteiger partial charge in [0.2, 0.25) is 0 Å². The van der Waals surface area contributed by atoms with Crippen LogP contribution in [-0.4, -0.2) is 39.8 Å². The topological polar surface area (TPSA) is 60.4 Å². The molecule has 2 bridgehead atoms. The number of ketones is 1. The highest BCUT2D eigenvalue weighted by atomic mass is 16.6. The van der Waals surface area contributed by atoms with Gasteiger partial charge in [-0.25, -0.2) is 0 Å². The first kappa shape index (κ1) is 13.2. The molecule has 0 aromatic carbocycles. The number of hydrogen-bond donors (Lipinski definition) is 1. The summed E-state index contributed by atoms with van der Waals surface area (Å²) in [7, 11) is 0. The van der Waals surface area contributed by atoms with E-state index in [1.54, 1.807) is 0 Å². The highest BCUT2D eigenvalue weighted by molar-refractivity contribution is 5.84. The SMILES string of the molecule is C[C@@H]1C[C@H]2CC(=O)[C@H]3CCC[N+]4([O-])CCC[C@]2(O)[C@]34C1. The van der Waals surface area contributed by atoms with Crippen molar-refractivity contribution in [2.45, 2.75) is 63.0 Å². The van der Waals surface area contributed by atoms with Gasteiger partial charge in [-0.15, -0.1) is 0 Å². The Morgan fingerprint density at radius 3 is 2.90 bits per heavy atom. The zero-order valence-electron chi connectivity index (χ0n) is 12.3. The molecule has 0 aromatic rings. The Morgan fingerprint density at radius 2 is 2.10 bits per heavy atom. The van der Waals surface area contributed by atoms with E-state index >= 15 is 0 Å². The Morgan fingerprint density at radius 1 is 1.35 bits per heavy atom. The van der Waals surface area contributed by atoms with E-state index in [4.69, 9.17) is 0 Å². The van der Waals surface area contributed by atoms with Crippen molar-refractivity contribution in [1.82, 2.24) is 0 Å². The van der Waals surface area contributed by atoms with Crippen molar-refractivity contribution in [3.05, 3.63) is 5.21 Å². The second-order valence-corrected chi connectivity index (χ2v) is 7.90.